The maximum atomic E-state index is 5.93. The van der Waals surface area contributed by atoms with Crippen LogP contribution in [-0.2, 0) is 0 Å². The molecular formula is C11H11ClN2O. The van der Waals surface area contributed by atoms with Gasteiger partial charge in [0.05, 0.1) is 6.61 Å². The highest BCUT2D eigenvalue weighted by atomic mass is 35.5. The maximum Gasteiger partial charge on any atom is 0.241 e. The summed E-state index contributed by atoms with van der Waals surface area (Å²) in [5.41, 5.74) is 0. The first kappa shape index (κ1) is 10.2. The molecule has 1 aromatic heterocycles. The van der Waals surface area contributed by atoms with Crippen molar-refractivity contribution in [3.05, 3.63) is 29.4 Å². The van der Waals surface area contributed by atoms with Gasteiger partial charge in [0.1, 0.15) is 0 Å². The minimum absolute atomic E-state index is 0.412. The first-order chi connectivity index (χ1) is 7.33. The monoisotopic (exact) mass is 222 g/mol. The molecule has 0 unspecified atom stereocenters. The SMILES string of the molecule is CCCOc1nnc(Cl)c2ccccc12. The van der Waals surface area contributed by atoms with E-state index >= 15 is 0 Å². The minimum Gasteiger partial charge on any atom is -0.476 e. The van der Waals surface area contributed by atoms with E-state index < -0.39 is 0 Å². The number of rotatable bonds is 3. The molecule has 1 heterocycles. The fraction of sp³-hybridized carbons (Fsp3) is 0.273. The first-order valence-electron chi connectivity index (χ1n) is 4.86. The van der Waals surface area contributed by atoms with Crippen molar-refractivity contribution in [1.29, 1.82) is 0 Å². The van der Waals surface area contributed by atoms with E-state index in [0.29, 0.717) is 17.6 Å². The molecule has 0 N–H and O–H groups in total. The fourth-order valence-electron chi connectivity index (χ4n) is 1.35. The summed E-state index contributed by atoms with van der Waals surface area (Å²) in [7, 11) is 0. The number of hydrogen-bond acceptors (Lipinski definition) is 3. The number of hydrogen-bond donors (Lipinski definition) is 0. The molecule has 0 aliphatic carbocycles. The molecule has 0 fully saturated rings. The van der Waals surface area contributed by atoms with E-state index in [-0.39, 0.29) is 0 Å². The van der Waals surface area contributed by atoms with Crippen molar-refractivity contribution in [2.24, 2.45) is 0 Å². The Kier molecular flexibility index (Phi) is 3.02. The lowest BCUT2D eigenvalue weighted by Gasteiger charge is -2.06. The van der Waals surface area contributed by atoms with Gasteiger partial charge < -0.3 is 4.74 Å². The molecule has 78 valence electrons. The minimum atomic E-state index is 0.412. The Labute approximate surface area is 93.0 Å². The van der Waals surface area contributed by atoms with Gasteiger partial charge in [-0.25, -0.2) is 0 Å². The summed E-state index contributed by atoms with van der Waals surface area (Å²) in [5.74, 6) is 0.553. The molecule has 0 spiro atoms. The summed E-state index contributed by atoms with van der Waals surface area (Å²) in [4.78, 5) is 0. The van der Waals surface area contributed by atoms with Gasteiger partial charge in [-0.05, 0) is 12.5 Å². The van der Waals surface area contributed by atoms with Crippen LogP contribution in [0.25, 0.3) is 10.8 Å². The lowest BCUT2D eigenvalue weighted by atomic mass is 10.2. The zero-order chi connectivity index (χ0) is 10.7. The Bertz CT molecular complexity index is 473. The van der Waals surface area contributed by atoms with Crippen LogP contribution in [-0.4, -0.2) is 16.8 Å². The van der Waals surface area contributed by atoms with Crippen LogP contribution in [0.3, 0.4) is 0 Å². The molecule has 0 saturated carbocycles. The first-order valence-corrected chi connectivity index (χ1v) is 5.24. The Balaban J connectivity index is 2.51. The Morgan fingerprint density at radius 3 is 2.67 bits per heavy atom. The topological polar surface area (TPSA) is 35.0 Å². The summed E-state index contributed by atoms with van der Waals surface area (Å²) < 4.78 is 5.49. The van der Waals surface area contributed by atoms with Crippen LogP contribution in [0.5, 0.6) is 5.88 Å². The predicted octanol–water partition coefficient (Wildman–Crippen LogP) is 3.07. The van der Waals surface area contributed by atoms with Gasteiger partial charge in [0.2, 0.25) is 5.88 Å². The van der Waals surface area contributed by atoms with Crippen LogP contribution in [0.2, 0.25) is 5.15 Å². The van der Waals surface area contributed by atoms with E-state index in [9.17, 15) is 0 Å². The number of benzene rings is 1. The van der Waals surface area contributed by atoms with Crippen LogP contribution >= 0.6 is 11.6 Å². The zero-order valence-electron chi connectivity index (χ0n) is 8.40. The van der Waals surface area contributed by atoms with Crippen molar-refractivity contribution in [3.63, 3.8) is 0 Å². The molecule has 0 bridgehead atoms. The van der Waals surface area contributed by atoms with E-state index in [4.69, 9.17) is 16.3 Å². The van der Waals surface area contributed by atoms with Gasteiger partial charge in [-0.15, -0.1) is 10.2 Å². The molecule has 0 aliphatic heterocycles. The summed E-state index contributed by atoms with van der Waals surface area (Å²) in [6.07, 6.45) is 0.943. The highest BCUT2D eigenvalue weighted by molar-refractivity contribution is 6.34. The maximum absolute atomic E-state index is 5.93. The lowest BCUT2D eigenvalue weighted by Crippen LogP contribution is -1.99. The Morgan fingerprint density at radius 2 is 1.93 bits per heavy atom. The molecule has 4 heteroatoms. The Hall–Kier alpha value is -1.35. The number of ether oxygens (including phenoxy) is 1. The molecule has 3 nitrogen and oxygen atoms in total. The molecule has 2 aromatic rings. The van der Waals surface area contributed by atoms with Crippen molar-refractivity contribution in [2.45, 2.75) is 13.3 Å². The predicted molar refractivity (Wildman–Crippen MR) is 60.3 cm³/mol. The van der Waals surface area contributed by atoms with E-state index in [0.717, 1.165) is 17.2 Å². The molecule has 2 rings (SSSR count). The normalized spacial score (nSPS) is 10.5. The van der Waals surface area contributed by atoms with Gasteiger partial charge in [-0.1, -0.05) is 36.7 Å². The largest absolute Gasteiger partial charge is 0.476 e. The lowest BCUT2D eigenvalue weighted by molar-refractivity contribution is 0.306. The highest BCUT2D eigenvalue weighted by Crippen LogP contribution is 2.26. The van der Waals surface area contributed by atoms with Crippen molar-refractivity contribution in [2.75, 3.05) is 6.61 Å². The van der Waals surface area contributed by atoms with Gasteiger partial charge in [-0.3, -0.25) is 0 Å². The van der Waals surface area contributed by atoms with E-state index in [1.54, 1.807) is 0 Å². The van der Waals surface area contributed by atoms with Crippen molar-refractivity contribution >= 4 is 22.4 Å². The average molecular weight is 223 g/mol. The fourth-order valence-corrected chi connectivity index (χ4v) is 1.55. The van der Waals surface area contributed by atoms with Crippen LogP contribution in [0.1, 0.15) is 13.3 Å². The smallest absolute Gasteiger partial charge is 0.241 e. The second-order valence-electron chi connectivity index (χ2n) is 3.19. The molecule has 0 aliphatic rings. The standard InChI is InChI=1S/C11H11ClN2O/c1-2-7-15-11-9-6-4-3-5-8(9)10(12)13-14-11/h3-6H,2,7H2,1H3. The van der Waals surface area contributed by atoms with Gasteiger partial charge >= 0.3 is 0 Å². The number of aromatic nitrogens is 2. The van der Waals surface area contributed by atoms with Crippen LogP contribution < -0.4 is 4.74 Å². The molecular weight excluding hydrogens is 212 g/mol. The molecule has 0 amide bonds. The second-order valence-corrected chi connectivity index (χ2v) is 3.55. The van der Waals surface area contributed by atoms with Gasteiger partial charge in [0.25, 0.3) is 0 Å². The van der Waals surface area contributed by atoms with Crippen molar-refractivity contribution in [3.8, 4) is 5.88 Å². The van der Waals surface area contributed by atoms with E-state index in [1.807, 2.05) is 31.2 Å². The third-order valence-corrected chi connectivity index (χ3v) is 2.33. The van der Waals surface area contributed by atoms with Crippen LogP contribution in [0.15, 0.2) is 24.3 Å². The van der Waals surface area contributed by atoms with Gasteiger partial charge in [0, 0.05) is 10.8 Å². The number of nitrogens with zero attached hydrogens (tertiary/aromatic N) is 2. The zero-order valence-corrected chi connectivity index (χ0v) is 9.16. The van der Waals surface area contributed by atoms with Crippen molar-refractivity contribution in [1.82, 2.24) is 10.2 Å². The molecule has 0 saturated heterocycles. The third-order valence-electron chi connectivity index (χ3n) is 2.05. The number of halogens is 1. The Morgan fingerprint density at radius 1 is 1.20 bits per heavy atom. The van der Waals surface area contributed by atoms with Gasteiger partial charge in [0.15, 0.2) is 5.15 Å². The highest BCUT2D eigenvalue weighted by Gasteiger charge is 2.07. The number of fused-ring (bicyclic) bond motifs is 1. The molecule has 0 atom stereocenters. The third kappa shape index (κ3) is 2.02. The molecule has 0 radical (unpaired) electrons. The molecule has 1 aromatic carbocycles. The van der Waals surface area contributed by atoms with Crippen LogP contribution in [0, 0.1) is 0 Å². The van der Waals surface area contributed by atoms with E-state index in [2.05, 4.69) is 10.2 Å². The molecule has 15 heavy (non-hydrogen) atoms. The van der Waals surface area contributed by atoms with E-state index in [1.165, 1.54) is 0 Å². The average Bonchev–Trinajstić information content (AvgIpc) is 2.29. The quantitative estimate of drug-likeness (QED) is 0.801. The second kappa shape index (κ2) is 4.45. The van der Waals surface area contributed by atoms with Crippen molar-refractivity contribution < 1.29 is 4.74 Å². The summed E-state index contributed by atoms with van der Waals surface area (Å²) in [6, 6.07) is 7.69. The van der Waals surface area contributed by atoms with Gasteiger partial charge in [-0.2, -0.15) is 0 Å². The summed E-state index contributed by atoms with van der Waals surface area (Å²) in [5, 5.41) is 9.99. The summed E-state index contributed by atoms with van der Waals surface area (Å²) in [6.45, 7) is 2.69. The van der Waals surface area contributed by atoms with Crippen LogP contribution in [0.4, 0.5) is 0 Å². The summed E-state index contributed by atoms with van der Waals surface area (Å²) >= 11 is 5.93.